The van der Waals surface area contributed by atoms with E-state index in [1.165, 1.54) is 24.1 Å². The van der Waals surface area contributed by atoms with Gasteiger partial charge in [-0.25, -0.2) is 4.98 Å². The number of hydrogen-bond acceptors (Lipinski definition) is 2. The van der Waals surface area contributed by atoms with E-state index in [0.29, 0.717) is 0 Å². The summed E-state index contributed by atoms with van der Waals surface area (Å²) in [7, 11) is 0. The SMILES string of the molecule is CCN(Cc1ccc(-n2ccnc2)cc1)C1CC1. The second-order valence-corrected chi connectivity index (χ2v) is 4.93. The van der Waals surface area contributed by atoms with Crippen LogP contribution in [0.15, 0.2) is 43.0 Å². The van der Waals surface area contributed by atoms with E-state index in [1.54, 1.807) is 6.20 Å². The number of benzene rings is 1. The van der Waals surface area contributed by atoms with Gasteiger partial charge in [0.15, 0.2) is 0 Å². The quantitative estimate of drug-likeness (QED) is 0.802. The molecule has 1 aromatic heterocycles. The monoisotopic (exact) mass is 241 g/mol. The third kappa shape index (κ3) is 2.46. The first-order valence-electron chi connectivity index (χ1n) is 6.68. The Morgan fingerprint density at radius 2 is 2.06 bits per heavy atom. The molecule has 0 N–H and O–H groups in total. The van der Waals surface area contributed by atoms with Gasteiger partial charge >= 0.3 is 0 Å². The molecule has 0 unspecified atom stereocenters. The Morgan fingerprint density at radius 3 is 2.61 bits per heavy atom. The lowest BCUT2D eigenvalue weighted by atomic mass is 10.2. The van der Waals surface area contributed by atoms with Gasteiger partial charge in [-0.2, -0.15) is 0 Å². The molecule has 3 nitrogen and oxygen atoms in total. The van der Waals surface area contributed by atoms with Gasteiger partial charge in [0.2, 0.25) is 0 Å². The zero-order valence-electron chi connectivity index (χ0n) is 10.8. The minimum absolute atomic E-state index is 0.836. The van der Waals surface area contributed by atoms with Gasteiger partial charge in [0.1, 0.15) is 0 Å². The van der Waals surface area contributed by atoms with Gasteiger partial charge < -0.3 is 4.57 Å². The summed E-state index contributed by atoms with van der Waals surface area (Å²) in [5.74, 6) is 0. The second kappa shape index (κ2) is 4.94. The predicted octanol–water partition coefficient (Wildman–Crippen LogP) is 2.86. The standard InChI is InChI=1S/C15H19N3/c1-2-17(14-7-8-14)11-13-3-5-15(6-4-13)18-10-9-16-12-18/h3-6,9-10,12,14H,2,7-8,11H2,1H3. The van der Waals surface area contributed by atoms with Crippen molar-refractivity contribution in [1.82, 2.24) is 14.5 Å². The molecule has 0 radical (unpaired) electrons. The van der Waals surface area contributed by atoms with Crippen LogP contribution in [0.4, 0.5) is 0 Å². The van der Waals surface area contributed by atoms with E-state index in [-0.39, 0.29) is 0 Å². The summed E-state index contributed by atoms with van der Waals surface area (Å²) in [6, 6.07) is 9.61. The van der Waals surface area contributed by atoms with Crippen LogP contribution in [0.25, 0.3) is 5.69 Å². The average Bonchev–Trinajstić information content (AvgIpc) is 3.11. The summed E-state index contributed by atoms with van der Waals surface area (Å²) in [6.07, 6.45) is 8.36. The summed E-state index contributed by atoms with van der Waals surface area (Å²) in [4.78, 5) is 6.63. The number of hydrogen-bond donors (Lipinski definition) is 0. The van der Waals surface area contributed by atoms with E-state index in [1.807, 2.05) is 17.1 Å². The van der Waals surface area contributed by atoms with Crippen LogP contribution in [0.2, 0.25) is 0 Å². The van der Waals surface area contributed by atoms with E-state index < -0.39 is 0 Å². The van der Waals surface area contributed by atoms with Crippen molar-refractivity contribution in [2.24, 2.45) is 0 Å². The Morgan fingerprint density at radius 1 is 1.28 bits per heavy atom. The zero-order valence-corrected chi connectivity index (χ0v) is 10.8. The highest BCUT2D eigenvalue weighted by molar-refractivity contribution is 5.34. The number of nitrogens with zero attached hydrogens (tertiary/aromatic N) is 3. The second-order valence-electron chi connectivity index (χ2n) is 4.93. The molecule has 1 heterocycles. The lowest BCUT2D eigenvalue weighted by Crippen LogP contribution is -2.24. The molecule has 1 saturated carbocycles. The molecule has 0 spiro atoms. The number of rotatable bonds is 5. The Labute approximate surface area is 108 Å². The van der Waals surface area contributed by atoms with Crippen molar-refractivity contribution < 1.29 is 0 Å². The van der Waals surface area contributed by atoms with Gasteiger partial charge in [-0.05, 0) is 37.1 Å². The van der Waals surface area contributed by atoms with Gasteiger partial charge in [-0.15, -0.1) is 0 Å². The first-order chi connectivity index (χ1) is 8.86. The Hall–Kier alpha value is -1.61. The fourth-order valence-corrected chi connectivity index (χ4v) is 2.36. The zero-order chi connectivity index (χ0) is 12.4. The lowest BCUT2D eigenvalue weighted by molar-refractivity contribution is 0.269. The predicted molar refractivity (Wildman–Crippen MR) is 72.7 cm³/mol. The molecule has 1 fully saturated rings. The molecule has 2 aromatic rings. The minimum atomic E-state index is 0.836. The molecule has 0 amide bonds. The first kappa shape index (κ1) is 11.5. The summed E-state index contributed by atoms with van der Waals surface area (Å²) in [5, 5.41) is 0. The molecule has 94 valence electrons. The molecular weight excluding hydrogens is 222 g/mol. The molecule has 0 aliphatic heterocycles. The summed E-state index contributed by atoms with van der Waals surface area (Å²) < 4.78 is 2.03. The molecule has 3 heteroatoms. The van der Waals surface area contributed by atoms with Crippen LogP contribution in [0.1, 0.15) is 25.3 Å². The van der Waals surface area contributed by atoms with Crippen LogP contribution in [-0.4, -0.2) is 27.0 Å². The Kier molecular flexibility index (Phi) is 3.15. The average molecular weight is 241 g/mol. The van der Waals surface area contributed by atoms with Gasteiger partial charge in [-0.1, -0.05) is 19.1 Å². The minimum Gasteiger partial charge on any atom is -0.306 e. The molecular formula is C15H19N3. The topological polar surface area (TPSA) is 21.1 Å². The van der Waals surface area contributed by atoms with Crippen LogP contribution >= 0.6 is 0 Å². The summed E-state index contributed by atoms with van der Waals surface area (Å²) >= 11 is 0. The van der Waals surface area contributed by atoms with E-state index >= 15 is 0 Å². The molecule has 18 heavy (non-hydrogen) atoms. The smallest absolute Gasteiger partial charge is 0.0991 e. The van der Waals surface area contributed by atoms with Crippen molar-refractivity contribution in [2.75, 3.05) is 6.54 Å². The first-order valence-corrected chi connectivity index (χ1v) is 6.68. The van der Waals surface area contributed by atoms with Crippen molar-refractivity contribution in [3.05, 3.63) is 48.5 Å². The number of imidazole rings is 1. The van der Waals surface area contributed by atoms with Crippen molar-refractivity contribution in [3.8, 4) is 5.69 Å². The maximum Gasteiger partial charge on any atom is 0.0991 e. The van der Waals surface area contributed by atoms with Gasteiger partial charge in [-0.3, -0.25) is 4.90 Å². The van der Waals surface area contributed by atoms with Crippen LogP contribution < -0.4 is 0 Å². The fraction of sp³-hybridized carbons (Fsp3) is 0.400. The fourth-order valence-electron chi connectivity index (χ4n) is 2.36. The van der Waals surface area contributed by atoms with E-state index in [4.69, 9.17) is 0 Å². The highest BCUT2D eigenvalue weighted by Crippen LogP contribution is 2.28. The molecule has 3 rings (SSSR count). The maximum atomic E-state index is 4.07. The molecule has 1 aliphatic carbocycles. The van der Waals surface area contributed by atoms with Crippen LogP contribution in [0, 0.1) is 0 Å². The van der Waals surface area contributed by atoms with Gasteiger partial charge in [0, 0.05) is 30.7 Å². The Bertz CT molecular complexity index is 483. The molecule has 1 aliphatic rings. The van der Waals surface area contributed by atoms with Crippen molar-refractivity contribution >= 4 is 0 Å². The Balaban J connectivity index is 1.70. The van der Waals surface area contributed by atoms with Crippen molar-refractivity contribution in [2.45, 2.75) is 32.4 Å². The van der Waals surface area contributed by atoms with Crippen molar-refractivity contribution in [3.63, 3.8) is 0 Å². The number of aromatic nitrogens is 2. The normalized spacial score (nSPS) is 15.2. The largest absolute Gasteiger partial charge is 0.306 e. The molecule has 0 saturated heterocycles. The molecule has 0 bridgehead atoms. The summed E-state index contributed by atoms with van der Waals surface area (Å²) in [5.41, 5.74) is 2.57. The van der Waals surface area contributed by atoms with Gasteiger partial charge in [0.05, 0.1) is 6.33 Å². The highest BCUT2D eigenvalue weighted by Gasteiger charge is 2.27. The molecule has 1 aromatic carbocycles. The third-order valence-corrected chi connectivity index (χ3v) is 3.59. The van der Waals surface area contributed by atoms with E-state index in [2.05, 4.69) is 41.1 Å². The lowest BCUT2D eigenvalue weighted by Gasteiger charge is -2.19. The third-order valence-electron chi connectivity index (χ3n) is 3.59. The van der Waals surface area contributed by atoms with Crippen LogP contribution in [0.5, 0.6) is 0 Å². The summed E-state index contributed by atoms with van der Waals surface area (Å²) in [6.45, 7) is 4.47. The van der Waals surface area contributed by atoms with Crippen molar-refractivity contribution in [1.29, 1.82) is 0 Å². The molecule has 0 atom stereocenters. The van der Waals surface area contributed by atoms with Crippen LogP contribution in [-0.2, 0) is 6.54 Å². The maximum absolute atomic E-state index is 4.07. The highest BCUT2D eigenvalue weighted by atomic mass is 15.2. The van der Waals surface area contributed by atoms with E-state index in [9.17, 15) is 0 Å². The van der Waals surface area contributed by atoms with Crippen LogP contribution in [0.3, 0.4) is 0 Å². The van der Waals surface area contributed by atoms with E-state index in [0.717, 1.165) is 19.1 Å². The van der Waals surface area contributed by atoms with Gasteiger partial charge in [0.25, 0.3) is 0 Å².